The number of anilines is 1. The van der Waals surface area contributed by atoms with Gasteiger partial charge in [-0.2, -0.15) is 5.10 Å². The number of hydrogen-bond donors (Lipinski definition) is 1. The largest absolute Gasteiger partial charge is 0.322 e. The predicted octanol–water partition coefficient (Wildman–Crippen LogP) is 6.83. The van der Waals surface area contributed by atoms with E-state index in [9.17, 15) is 4.79 Å². The van der Waals surface area contributed by atoms with Gasteiger partial charge >= 0.3 is 0 Å². The van der Waals surface area contributed by atoms with Crippen LogP contribution in [0.3, 0.4) is 0 Å². The molecule has 35 heavy (non-hydrogen) atoms. The zero-order valence-electron chi connectivity index (χ0n) is 20.5. The van der Waals surface area contributed by atoms with Crippen LogP contribution in [-0.4, -0.2) is 20.7 Å². The third-order valence-corrected chi connectivity index (χ3v) is 6.69. The third kappa shape index (κ3) is 4.21. The molecule has 1 amide bonds. The van der Waals surface area contributed by atoms with Crippen molar-refractivity contribution in [2.24, 2.45) is 0 Å². The lowest BCUT2D eigenvalue weighted by Crippen LogP contribution is -2.14. The number of pyridine rings is 1. The van der Waals surface area contributed by atoms with Crippen LogP contribution in [0.4, 0.5) is 5.69 Å². The van der Waals surface area contributed by atoms with E-state index in [1.54, 1.807) is 0 Å². The fraction of sp³-hybridized carbons (Fsp3) is 0.167. The summed E-state index contributed by atoms with van der Waals surface area (Å²) in [6.45, 7) is 8.24. The van der Waals surface area contributed by atoms with Gasteiger partial charge in [-0.05, 0) is 74.2 Å². The number of amides is 1. The van der Waals surface area contributed by atoms with Crippen LogP contribution in [0, 0.1) is 20.8 Å². The zero-order valence-corrected chi connectivity index (χ0v) is 20.5. The molecule has 1 N–H and O–H groups in total. The minimum atomic E-state index is -0.154. The molecule has 2 aromatic heterocycles. The molecule has 0 aliphatic heterocycles. The monoisotopic (exact) mass is 460 g/mol. The lowest BCUT2D eigenvalue weighted by atomic mass is 10.0. The number of nitrogens with zero attached hydrogens (tertiary/aromatic N) is 3. The highest BCUT2D eigenvalue weighted by molar-refractivity contribution is 6.13. The number of para-hydroxylation sites is 1. The molecule has 3 aromatic carbocycles. The molecule has 0 aliphatic rings. The highest BCUT2D eigenvalue weighted by atomic mass is 16.1. The van der Waals surface area contributed by atoms with Crippen LogP contribution in [0.15, 0.2) is 79.0 Å². The molecule has 0 saturated heterocycles. The number of aryl methyl sites for hydroxylation is 2. The normalized spacial score (nSPS) is 11.1. The van der Waals surface area contributed by atoms with E-state index >= 15 is 0 Å². The van der Waals surface area contributed by atoms with Gasteiger partial charge in [0.25, 0.3) is 5.91 Å². The summed E-state index contributed by atoms with van der Waals surface area (Å²) in [5, 5.41) is 8.56. The average molecular weight is 461 g/mol. The molecule has 5 heteroatoms. The van der Waals surface area contributed by atoms with E-state index in [1.807, 2.05) is 80.2 Å². The van der Waals surface area contributed by atoms with Crippen molar-refractivity contribution in [1.29, 1.82) is 0 Å². The Morgan fingerprint density at radius 1 is 0.943 bits per heavy atom. The Morgan fingerprint density at radius 3 is 2.49 bits per heavy atom. The van der Waals surface area contributed by atoms with Gasteiger partial charge in [-0.1, -0.05) is 49.4 Å². The van der Waals surface area contributed by atoms with Gasteiger partial charge in [-0.25, -0.2) is 9.67 Å². The second-order valence-corrected chi connectivity index (χ2v) is 8.85. The van der Waals surface area contributed by atoms with E-state index in [1.165, 1.54) is 5.56 Å². The molecule has 0 spiro atoms. The smallest absolute Gasteiger partial charge is 0.256 e. The van der Waals surface area contributed by atoms with Gasteiger partial charge in [0.2, 0.25) is 0 Å². The van der Waals surface area contributed by atoms with E-state index in [2.05, 4.69) is 41.6 Å². The van der Waals surface area contributed by atoms with Gasteiger partial charge in [0.05, 0.1) is 34.4 Å². The van der Waals surface area contributed by atoms with Crippen molar-refractivity contribution in [1.82, 2.24) is 14.8 Å². The maximum absolute atomic E-state index is 13.5. The van der Waals surface area contributed by atoms with Crippen molar-refractivity contribution >= 4 is 22.5 Å². The van der Waals surface area contributed by atoms with Crippen LogP contribution in [-0.2, 0) is 6.42 Å². The Kier molecular flexibility index (Phi) is 5.91. The van der Waals surface area contributed by atoms with E-state index in [0.717, 1.165) is 56.8 Å². The zero-order chi connectivity index (χ0) is 24.5. The Morgan fingerprint density at radius 2 is 1.71 bits per heavy atom. The van der Waals surface area contributed by atoms with Crippen LogP contribution >= 0.6 is 0 Å². The second kappa shape index (κ2) is 9.18. The molecule has 0 unspecified atom stereocenters. The fourth-order valence-corrected chi connectivity index (χ4v) is 4.37. The molecule has 0 bridgehead atoms. The summed E-state index contributed by atoms with van der Waals surface area (Å²) in [7, 11) is 0. The first-order valence-electron chi connectivity index (χ1n) is 11.9. The number of fused-ring (bicyclic) bond motifs is 1. The third-order valence-electron chi connectivity index (χ3n) is 6.69. The molecule has 5 aromatic rings. The molecule has 0 radical (unpaired) electrons. The molecule has 0 fully saturated rings. The van der Waals surface area contributed by atoms with Crippen molar-refractivity contribution in [2.75, 3.05) is 5.32 Å². The Hall–Kier alpha value is -4.25. The van der Waals surface area contributed by atoms with Crippen LogP contribution in [0.2, 0.25) is 0 Å². The lowest BCUT2D eigenvalue weighted by Gasteiger charge is -2.13. The highest BCUT2D eigenvalue weighted by Gasteiger charge is 2.18. The van der Waals surface area contributed by atoms with Crippen LogP contribution < -0.4 is 5.32 Å². The number of nitrogens with one attached hydrogen (secondary N) is 1. The van der Waals surface area contributed by atoms with E-state index < -0.39 is 0 Å². The first-order chi connectivity index (χ1) is 17.0. The Balaban J connectivity index is 1.58. The van der Waals surface area contributed by atoms with E-state index in [0.29, 0.717) is 5.56 Å². The number of benzene rings is 3. The topological polar surface area (TPSA) is 59.8 Å². The van der Waals surface area contributed by atoms with Crippen LogP contribution in [0.1, 0.15) is 39.7 Å². The molecule has 174 valence electrons. The summed E-state index contributed by atoms with van der Waals surface area (Å²) in [6.07, 6.45) is 2.82. The Bertz CT molecular complexity index is 1550. The van der Waals surface area contributed by atoms with Crippen molar-refractivity contribution in [3.05, 3.63) is 107 Å². The number of carbonyl (C=O) groups excluding carboxylic acids is 1. The predicted molar refractivity (Wildman–Crippen MR) is 142 cm³/mol. The average Bonchev–Trinajstić information content (AvgIpc) is 3.27. The van der Waals surface area contributed by atoms with Gasteiger partial charge in [0, 0.05) is 16.6 Å². The fourth-order valence-electron chi connectivity index (χ4n) is 4.37. The molecule has 0 saturated carbocycles. The number of rotatable bonds is 5. The highest BCUT2D eigenvalue weighted by Crippen LogP contribution is 2.29. The SMILES string of the molecule is CCc1ccc(-n2ncc(-c3cc(C(=O)Nc4cccc(C)c4C)c4ccccc4n3)c2C)cc1. The molecular weight excluding hydrogens is 432 g/mol. The Labute approximate surface area is 205 Å². The van der Waals surface area contributed by atoms with Crippen molar-refractivity contribution in [2.45, 2.75) is 34.1 Å². The molecule has 2 heterocycles. The maximum Gasteiger partial charge on any atom is 0.256 e. The minimum Gasteiger partial charge on any atom is -0.322 e. The second-order valence-electron chi connectivity index (χ2n) is 8.85. The summed E-state index contributed by atoms with van der Waals surface area (Å²) in [5.74, 6) is -0.154. The minimum absolute atomic E-state index is 0.154. The van der Waals surface area contributed by atoms with Gasteiger partial charge < -0.3 is 5.32 Å². The van der Waals surface area contributed by atoms with E-state index in [4.69, 9.17) is 4.98 Å². The standard InChI is InChI=1S/C30H28N4O/c1-5-22-13-15-23(16-14-22)34-21(4)26(18-31-34)29-17-25(24-10-6-7-11-28(24)32-29)30(35)33-27-12-8-9-19(2)20(27)3/h6-18H,5H2,1-4H3,(H,33,35). The molecular formula is C30H28N4O. The van der Waals surface area contributed by atoms with Crippen molar-refractivity contribution < 1.29 is 4.79 Å². The molecule has 5 rings (SSSR count). The summed E-state index contributed by atoms with van der Waals surface area (Å²) in [5.41, 5.74) is 9.26. The first kappa shape index (κ1) is 22.5. The van der Waals surface area contributed by atoms with Crippen molar-refractivity contribution in [3.63, 3.8) is 0 Å². The van der Waals surface area contributed by atoms with Crippen molar-refractivity contribution in [3.8, 4) is 16.9 Å². The summed E-state index contributed by atoms with van der Waals surface area (Å²) >= 11 is 0. The van der Waals surface area contributed by atoms with E-state index in [-0.39, 0.29) is 5.91 Å². The van der Waals surface area contributed by atoms with Gasteiger partial charge in [0.15, 0.2) is 0 Å². The molecule has 0 aliphatic carbocycles. The van der Waals surface area contributed by atoms with Crippen LogP contribution in [0.5, 0.6) is 0 Å². The summed E-state index contributed by atoms with van der Waals surface area (Å²) in [6, 6.07) is 24.0. The quantitative estimate of drug-likeness (QED) is 0.313. The number of hydrogen-bond acceptors (Lipinski definition) is 3. The maximum atomic E-state index is 13.5. The van der Waals surface area contributed by atoms with Gasteiger partial charge in [-0.15, -0.1) is 0 Å². The lowest BCUT2D eigenvalue weighted by molar-refractivity contribution is 0.102. The number of carbonyl (C=O) groups is 1. The van der Waals surface area contributed by atoms with Gasteiger partial charge in [-0.3, -0.25) is 4.79 Å². The first-order valence-corrected chi connectivity index (χ1v) is 11.9. The summed E-state index contributed by atoms with van der Waals surface area (Å²) < 4.78 is 1.92. The molecule has 5 nitrogen and oxygen atoms in total. The van der Waals surface area contributed by atoms with Gasteiger partial charge in [0.1, 0.15) is 0 Å². The molecule has 0 atom stereocenters. The summed E-state index contributed by atoms with van der Waals surface area (Å²) in [4.78, 5) is 18.4. The van der Waals surface area contributed by atoms with Crippen LogP contribution in [0.25, 0.3) is 27.8 Å². The number of aromatic nitrogens is 3.